The minimum atomic E-state index is -0.765. The van der Waals surface area contributed by atoms with Crippen LogP contribution in [-0.4, -0.2) is 47.2 Å². The number of hydrogen-bond acceptors (Lipinski definition) is 5. The van der Waals surface area contributed by atoms with Crippen LogP contribution in [0.1, 0.15) is 24.8 Å². The summed E-state index contributed by atoms with van der Waals surface area (Å²) in [7, 11) is 0. The summed E-state index contributed by atoms with van der Waals surface area (Å²) in [5, 5.41) is 14.7. The van der Waals surface area contributed by atoms with Crippen LogP contribution in [0.2, 0.25) is 0 Å². The molecule has 1 N–H and O–H groups in total. The van der Waals surface area contributed by atoms with Crippen LogP contribution in [0, 0.1) is 0 Å². The number of aliphatic hydroxyl groups is 1. The van der Waals surface area contributed by atoms with Crippen LogP contribution in [0.5, 0.6) is 0 Å². The maximum absolute atomic E-state index is 11.6. The van der Waals surface area contributed by atoms with Crippen molar-refractivity contribution in [2.45, 2.75) is 30.9 Å². The lowest BCUT2D eigenvalue weighted by molar-refractivity contribution is -0.0602. The van der Waals surface area contributed by atoms with E-state index in [2.05, 4.69) is 26.9 Å². The second-order valence-electron chi connectivity index (χ2n) is 6.56. The molecular weight excluding hydrogens is 306 g/mol. The summed E-state index contributed by atoms with van der Waals surface area (Å²) in [6.45, 7) is 3.87. The molecule has 23 heavy (non-hydrogen) atoms. The summed E-state index contributed by atoms with van der Waals surface area (Å²) in [5.74, 6) is 0. The Balaban J connectivity index is 1.66. The molecule has 2 aliphatic rings. The molecule has 2 atom stereocenters. The van der Waals surface area contributed by atoms with E-state index < -0.39 is 5.60 Å². The van der Waals surface area contributed by atoms with Gasteiger partial charge in [0.05, 0.1) is 6.04 Å². The number of thiazole rings is 1. The van der Waals surface area contributed by atoms with Gasteiger partial charge in [-0.1, -0.05) is 30.3 Å². The van der Waals surface area contributed by atoms with E-state index in [0.717, 1.165) is 43.3 Å². The predicted molar refractivity (Wildman–Crippen MR) is 93.9 cm³/mol. The summed E-state index contributed by atoms with van der Waals surface area (Å²) in [6, 6.07) is 10.3. The summed E-state index contributed by atoms with van der Waals surface area (Å²) < 4.78 is 0. The fraction of sp³-hybridized carbons (Fsp3) is 0.500. The van der Waals surface area contributed by atoms with Crippen LogP contribution in [-0.2, 0) is 5.60 Å². The molecule has 1 aromatic carbocycles. The van der Waals surface area contributed by atoms with Crippen molar-refractivity contribution in [2.24, 2.45) is 0 Å². The van der Waals surface area contributed by atoms with Crippen molar-refractivity contribution in [3.8, 4) is 0 Å². The van der Waals surface area contributed by atoms with Crippen LogP contribution in [0.4, 0.5) is 5.13 Å². The molecule has 4 rings (SSSR count). The molecule has 4 nitrogen and oxygen atoms in total. The zero-order valence-electron chi connectivity index (χ0n) is 13.3. The summed E-state index contributed by atoms with van der Waals surface area (Å²) >= 11 is 1.68. The van der Waals surface area contributed by atoms with E-state index in [1.165, 1.54) is 12.8 Å². The molecule has 0 saturated carbocycles. The molecule has 2 saturated heterocycles. The molecule has 0 bridgehead atoms. The van der Waals surface area contributed by atoms with Crippen molar-refractivity contribution >= 4 is 16.5 Å². The van der Waals surface area contributed by atoms with Crippen molar-refractivity contribution < 1.29 is 5.11 Å². The molecule has 2 aromatic rings. The van der Waals surface area contributed by atoms with E-state index in [1.54, 1.807) is 11.3 Å². The van der Waals surface area contributed by atoms with Crippen LogP contribution >= 0.6 is 11.3 Å². The predicted octanol–water partition coefficient (Wildman–Crippen LogP) is 2.71. The molecule has 0 amide bonds. The van der Waals surface area contributed by atoms with Crippen molar-refractivity contribution in [1.82, 2.24) is 9.88 Å². The molecule has 0 radical (unpaired) electrons. The number of piperidine rings is 1. The lowest BCUT2D eigenvalue weighted by atomic mass is 9.79. The maximum atomic E-state index is 11.6. The van der Waals surface area contributed by atoms with Gasteiger partial charge in [0.25, 0.3) is 0 Å². The number of hydrogen-bond donors (Lipinski definition) is 1. The molecule has 2 fully saturated rings. The SMILES string of the molecule is O[C@]1(c2ccccc2)CCN(c2nccs2)C[C@H]1N1CCCC1. The molecular formula is C18H23N3OS. The first-order chi connectivity index (χ1) is 11.3. The van der Waals surface area contributed by atoms with Gasteiger partial charge in [-0.3, -0.25) is 4.90 Å². The monoisotopic (exact) mass is 329 g/mol. The van der Waals surface area contributed by atoms with E-state index in [9.17, 15) is 5.11 Å². The normalized spacial score (nSPS) is 29.1. The third-order valence-corrected chi connectivity index (χ3v) is 6.08. The highest BCUT2D eigenvalue weighted by Crippen LogP contribution is 2.38. The molecule has 122 valence electrons. The Morgan fingerprint density at radius 1 is 1.13 bits per heavy atom. The quantitative estimate of drug-likeness (QED) is 0.940. The van der Waals surface area contributed by atoms with Crippen molar-refractivity contribution in [2.75, 3.05) is 31.1 Å². The Hall–Kier alpha value is -1.43. The average Bonchev–Trinajstić information content (AvgIpc) is 3.30. The standard InChI is InChI=1S/C18H23N3OS/c22-18(15-6-2-1-3-7-15)8-12-21(17-19-9-13-23-17)14-16(18)20-10-4-5-11-20/h1-3,6-7,9,13,16,22H,4-5,8,10-12,14H2/t16-,18+/m1/s1. The molecule has 1 aromatic heterocycles. The van der Waals surface area contributed by atoms with Crippen LogP contribution in [0.3, 0.4) is 0 Å². The van der Waals surface area contributed by atoms with Gasteiger partial charge in [0.15, 0.2) is 5.13 Å². The molecule has 0 spiro atoms. The first-order valence-corrected chi connectivity index (χ1v) is 9.32. The number of rotatable bonds is 3. The summed E-state index contributed by atoms with van der Waals surface area (Å²) in [4.78, 5) is 9.28. The van der Waals surface area contributed by atoms with Gasteiger partial charge in [0.2, 0.25) is 0 Å². The smallest absolute Gasteiger partial charge is 0.185 e. The van der Waals surface area contributed by atoms with Gasteiger partial charge in [-0.05, 0) is 37.9 Å². The van der Waals surface area contributed by atoms with E-state index in [-0.39, 0.29) is 6.04 Å². The Morgan fingerprint density at radius 3 is 2.61 bits per heavy atom. The van der Waals surface area contributed by atoms with E-state index >= 15 is 0 Å². The Kier molecular flexibility index (Phi) is 4.09. The Bertz CT molecular complexity index is 627. The Morgan fingerprint density at radius 2 is 1.91 bits per heavy atom. The van der Waals surface area contributed by atoms with E-state index in [0.29, 0.717) is 0 Å². The highest BCUT2D eigenvalue weighted by molar-refractivity contribution is 7.13. The van der Waals surface area contributed by atoms with Gasteiger partial charge >= 0.3 is 0 Å². The molecule has 2 aliphatic heterocycles. The number of benzene rings is 1. The number of nitrogens with zero attached hydrogens (tertiary/aromatic N) is 3. The van der Waals surface area contributed by atoms with E-state index in [4.69, 9.17) is 0 Å². The average molecular weight is 329 g/mol. The lowest BCUT2D eigenvalue weighted by Gasteiger charge is -2.48. The minimum Gasteiger partial charge on any atom is -0.383 e. The van der Waals surface area contributed by atoms with Crippen molar-refractivity contribution in [1.29, 1.82) is 0 Å². The highest BCUT2D eigenvalue weighted by atomic mass is 32.1. The van der Waals surface area contributed by atoms with Crippen molar-refractivity contribution in [3.63, 3.8) is 0 Å². The zero-order chi connectivity index (χ0) is 15.7. The Labute approximate surface area is 141 Å². The molecule has 0 unspecified atom stereocenters. The van der Waals surface area contributed by atoms with Crippen LogP contribution in [0.15, 0.2) is 41.9 Å². The second kappa shape index (κ2) is 6.23. The number of likely N-dealkylation sites (tertiary alicyclic amines) is 1. The first kappa shape index (κ1) is 15.1. The third kappa shape index (κ3) is 2.77. The first-order valence-electron chi connectivity index (χ1n) is 8.44. The topological polar surface area (TPSA) is 39.6 Å². The summed E-state index contributed by atoms with van der Waals surface area (Å²) in [6.07, 6.45) is 5.08. The van der Waals surface area contributed by atoms with Gasteiger partial charge in [0.1, 0.15) is 5.60 Å². The van der Waals surface area contributed by atoms with Crippen LogP contribution < -0.4 is 4.90 Å². The number of anilines is 1. The zero-order valence-corrected chi connectivity index (χ0v) is 14.1. The second-order valence-corrected chi connectivity index (χ2v) is 7.43. The molecule has 0 aliphatic carbocycles. The minimum absolute atomic E-state index is 0.130. The number of aromatic nitrogens is 1. The van der Waals surface area contributed by atoms with Gasteiger partial charge in [-0.2, -0.15) is 0 Å². The van der Waals surface area contributed by atoms with Gasteiger partial charge in [-0.15, -0.1) is 11.3 Å². The lowest BCUT2D eigenvalue weighted by Crippen LogP contribution is -2.60. The molecule has 5 heteroatoms. The van der Waals surface area contributed by atoms with Gasteiger partial charge in [-0.25, -0.2) is 4.98 Å². The highest BCUT2D eigenvalue weighted by Gasteiger charge is 2.46. The largest absolute Gasteiger partial charge is 0.383 e. The van der Waals surface area contributed by atoms with Crippen LogP contribution in [0.25, 0.3) is 0 Å². The summed E-state index contributed by atoms with van der Waals surface area (Å²) in [5.41, 5.74) is 0.287. The van der Waals surface area contributed by atoms with E-state index in [1.807, 2.05) is 29.8 Å². The fourth-order valence-corrected chi connectivity index (χ4v) is 4.68. The maximum Gasteiger partial charge on any atom is 0.185 e. The molecule has 3 heterocycles. The van der Waals surface area contributed by atoms with Crippen molar-refractivity contribution in [3.05, 3.63) is 47.5 Å². The fourth-order valence-electron chi connectivity index (χ4n) is 4.00. The van der Waals surface area contributed by atoms with Gasteiger partial charge in [0, 0.05) is 24.7 Å². The third-order valence-electron chi connectivity index (χ3n) is 5.25. The van der Waals surface area contributed by atoms with Gasteiger partial charge < -0.3 is 10.0 Å².